The summed E-state index contributed by atoms with van der Waals surface area (Å²) in [5.41, 5.74) is 4.94. The van der Waals surface area contributed by atoms with E-state index in [9.17, 15) is 14.4 Å². The molecule has 10 nitrogen and oxygen atoms in total. The van der Waals surface area contributed by atoms with Gasteiger partial charge in [-0.3, -0.25) is 4.79 Å². The first-order valence-electron chi connectivity index (χ1n) is 5.09. The Kier molecular flexibility index (Phi) is 11.1. The maximum absolute atomic E-state index is 10.1. The van der Waals surface area contributed by atoms with E-state index in [1.807, 2.05) is 0 Å². The minimum atomic E-state index is -2.25. The number of carboxylic acid groups (broad SMARTS) is 2. The van der Waals surface area contributed by atoms with E-state index in [0.29, 0.717) is 0 Å². The molecule has 0 spiro atoms. The summed E-state index contributed by atoms with van der Waals surface area (Å²) in [7, 11) is 0. The average molecular weight is 315 g/mol. The van der Waals surface area contributed by atoms with E-state index >= 15 is 0 Å². The summed E-state index contributed by atoms with van der Waals surface area (Å²) >= 11 is 3.65. The Balaban J connectivity index is 0. The Morgan fingerprint density at radius 3 is 1.70 bits per heavy atom. The van der Waals surface area contributed by atoms with Crippen molar-refractivity contribution in [1.82, 2.24) is 0 Å². The van der Waals surface area contributed by atoms with Gasteiger partial charge in [-0.05, 0) is 0 Å². The first-order chi connectivity index (χ1) is 9.09. The molecule has 0 aliphatic heterocycles. The van der Waals surface area contributed by atoms with Gasteiger partial charge in [-0.15, -0.1) is 0 Å². The van der Waals surface area contributed by atoms with Crippen LogP contribution in [0.4, 0.5) is 0 Å². The number of aldehydes is 1. The third kappa shape index (κ3) is 8.04. The van der Waals surface area contributed by atoms with Crippen molar-refractivity contribution in [1.29, 1.82) is 0 Å². The highest BCUT2D eigenvalue weighted by atomic mass is 32.1. The molecule has 5 atom stereocenters. The first-order valence-corrected chi connectivity index (χ1v) is 5.72. The number of carbonyl (C=O) groups is 3. The third-order valence-electron chi connectivity index (χ3n) is 1.93. The van der Waals surface area contributed by atoms with E-state index in [4.69, 9.17) is 36.4 Å². The molecule has 11 heteroatoms. The van der Waals surface area contributed by atoms with Crippen molar-refractivity contribution in [3.63, 3.8) is 0 Å². The van der Waals surface area contributed by atoms with Crippen molar-refractivity contribution in [3.05, 3.63) is 0 Å². The SMILES string of the molecule is NC(CS)C(=O)O.O=C[C@H](O)[C@@H](O)[C@H](O)[C@H](O)C(=O)O. The standard InChI is InChI=1S/C6H10O7.C3H7NO2S/c7-1-2(8)3(9)4(10)5(11)6(12)13;4-2(1-7)3(5)6/h1-5,8-11H,(H,12,13);2,7H,1,4H2,(H,5,6)/t2-,3+,4-,5-;/m0./s1. The number of carbonyl (C=O) groups excluding carboxylic acids is 1. The van der Waals surface area contributed by atoms with Crippen LogP contribution in [0.25, 0.3) is 0 Å². The molecular formula is C9H17NO9S. The fourth-order valence-corrected chi connectivity index (χ4v) is 0.850. The van der Waals surface area contributed by atoms with Gasteiger partial charge in [0.15, 0.2) is 12.4 Å². The maximum atomic E-state index is 10.1. The minimum Gasteiger partial charge on any atom is -0.480 e. The van der Waals surface area contributed by atoms with Gasteiger partial charge in [0.25, 0.3) is 0 Å². The Bertz CT molecular complexity index is 327. The van der Waals surface area contributed by atoms with Crippen molar-refractivity contribution in [3.8, 4) is 0 Å². The van der Waals surface area contributed by atoms with Crippen LogP contribution in [0.2, 0.25) is 0 Å². The zero-order valence-electron chi connectivity index (χ0n) is 10.1. The predicted octanol–water partition coefficient (Wildman–Crippen LogP) is -3.96. The number of aliphatic carboxylic acids is 2. The highest BCUT2D eigenvalue weighted by Crippen LogP contribution is 2.03. The molecule has 20 heavy (non-hydrogen) atoms. The summed E-state index contributed by atoms with van der Waals surface area (Å²) in [5.74, 6) is -2.57. The fraction of sp³-hybridized carbons (Fsp3) is 0.667. The van der Waals surface area contributed by atoms with Crippen LogP contribution in [0.1, 0.15) is 0 Å². The van der Waals surface area contributed by atoms with Crippen LogP contribution in [0, 0.1) is 0 Å². The number of aliphatic hydroxyl groups is 4. The molecule has 0 saturated heterocycles. The molecular weight excluding hydrogens is 298 g/mol. The zero-order chi connectivity index (χ0) is 16.5. The lowest BCUT2D eigenvalue weighted by Gasteiger charge is -2.21. The molecule has 0 heterocycles. The molecule has 0 bridgehead atoms. The fourth-order valence-electron chi connectivity index (χ4n) is 0.693. The van der Waals surface area contributed by atoms with Gasteiger partial charge in [-0.2, -0.15) is 12.6 Å². The summed E-state index contributed by atoms with van der Waals surface area (Å²) in [4.78, 5) is 29.7. The van der Waals surface area contributed by atoms with Gasteiger partial charge in [0.1, 0.15) is 24.4 Å². The molecule has 8 N–H and O–H groups in total. The Morgan fingerprint density at radius 2 is 1.50 bits per heavy atom. The smallest absolute Gasteiger partial charge is 0.335 e. The molecule has 0 saturated carbocycles. The van der Waals surface area contributed by atoms with Crippen molar-refractivity contribution >= 4 is 30.9 Å². The number of hydrogen-bond donors (Lipinski definition) is 8. The number of hydrogen-bond acceptors (Lipinski definition) is 9. The predicted molar refractivity (Wildman–Crippen MR) is 67.2 cm³/mol. The number of thiol groups is 1. The van der Waals surface area contributed by atoms with Gasteiger partial charge in [0.05, 0.1) is 0 Å². The number of rotatable bonds is 7. The lowest BCUT2D eigenvalue weighted by molar-refractivity contribution is -0.163. The summed E-state index contributed by atoms with van der Waals surface area (Å²) in [6.07, 6.45) is -8.39. The lowest BCUT2D eigenvalue weighted by atomic mass is 10.0. The second-order valence-electron chi connectivity index (χ2n) is 3.52. The van der Waals surface area contributed by atoms with Crippen LogP contribution in [-0.4, -0.2) is 85.1 Å². The van der Waals surface area contributed by atoms with Crippen molar-refractivity contribution in [2.75, 3.05) is 5.75 Å². The van der Waals surface area contributed by atoms with Crippen molar-refractivity contribution in [2.24, 2.45) is 5.73 Å². The second kappa shape index (κ2) is 10.5. The van der Waals surface area contributed by atoms with Crippen LogP contribution in [-0.2, 0) is 14.4 Å². The highest BCUT2D eigenvalue weighted by Gasteiger charge is 2.33. The van der Waals surface area contributed by atoms with E-state index in [2.05, 4.69) is 12.6 Å². The van der Waals surface area contributed by atoms with Crippen LogP contribution in [0.15, 0.2) is 0 Å². The topological polar surface area (TPSA) is 199 Å². The van der Waals surface area contributed by atoms with Gasteiger partial charge < -0.3 is 41.2 Å². The van der Waals surface area contributed by atoms with Gasteiger partial charge in [-0.25, -0.2) is 4.79 Å². The molecule has 0 aliphatic carbocycles. The van der Waals surface area contributed by atoms with Crippen LogP contribution >= 0.6 is 12.6 Å². The number of aliphatic hydroxyl groups excluding tert-OH is 4. The minimum absolute atomic E-state index is 0.0809. The van der Waals surface area contributed by atoms with Gasteiger partial charge >= 0.3 is 11.9 Å². The molecule has 0 rings (SSSR count). The average Bonchev–Trinajstić information content (AvgIpc) is 2.43. The van der Waals surface area contributed by atoms with Crippen LogP contribution in [0.3, 0.4) is 0 Å². The summed E-state index contributed by atoms with van der Waals surface area (Å²) in [5, 5.41) is 51.2. The zero-order valence-corrected chi connectivity index (χ0v) is 11.0. The monoisotopic (exact) mass is 315 g/mol. The quantitative estimate of drug-likeness (QED) is 0.169. The van der Waals surface area contributed by atoms with Crippen molar-refractivity contribution in [2.45, 2.75) is 30.5 Å². The third-order valence-corrected chi connectivity index (χ3v) is 2.32. The molecule has 1 unspecified atom stereocenters. The molecule has 118 valence electrons. The second-order valence-corrected chi connectivity index (χ2v) is 3.88. The maximum Gasteiger partial charge on any atom is 0.335 e. The molecule has 0 fully saturated rings. The molecule has 0 radical (unpaired) electrons. The number of carboxylic acids is 2. The van der Waals surface area contributed by atoms with E-state index < -0.39 is 42.4 Å². The normalized spacial score (nSPS) is 17.7. The Labute approximate surface area is 118 Å². The highest BCUT2D eigenvalue weighted by molar-refractivity contribution is 7.80. The van der Waals surface area contributed by atoms with Crippen LogP contribution in [0.5, 0.6) is 0 Å². The Morgan fingerprint density at radius 1 is 1.05 bits per heavy atom. The van der Waals surface area contributed by atoms with E-state index in [1.54, 1.807) is 0 Å². The summed E-state index contributed by atoms with van der Waals surface area (Å²) < 4.78 is 0. The Hall–Kier alpha value is -1.24. The van der Waals surface area contributed by atoms with Gasteiger partial charge in [0.2, 0.25) is 0 Å². The van der Waals surface area contributed by atoms with E-state index in [1.165, 1.54) is 0 Å². The summed E-state index contributed by atoms with van der Waals surface area (Å²) in [6, 6.07) is -0.816. The first kappa shape index (κ1) is 21.1. The van der Waals surface area contributed by atoms with Gasteiger partial charge in [-0.1, -0.05) is 0 Å². The summed E-state index contributed by atoms with van der Waals surface area (Å²) in [6.45, 7) is 0. The van der Waals surface area contributed by atoms with E-state index in [-0.39, 0.29) is 12.0 Å². The van der Waals surface area contributed by atoms with Crippen molar-refractivity contribution < 1.29 is 45.0 Å². The lowest BCUT2D eigenvalue weighted by Crippen LogP contribution is -2.48. The number of nitrogens with two attached hydrogens (primary N) is 1. The van der Waals surface area contributed by atoms with Crippen LogP contribution < -0.4 is 5.73 Å². The van der Waals surface area contributed by atoms with E-state index in [0.717, 1.165) is 0 Å². The molecule has 0 amide bonds. The largest absolute Gasteiger partial charge is 0.480 e. The molecule has 0 aliphatic rings. The molecule has 0 aromatic heterocycles. The molecule has 0 aromatic carbocycles. The van der Waals surface area contributed by atoms with Gasteiger partial charge in [0, 0.05) is 5.75 Å². The molecule has 0 aromatic rings.